The Kier molecular flexibility index (Phi) is 6.56. The molecule has 0 unspecified atom stereocenters. The quantitative estimate of drug-likeness (QED) is 0.710. The van der Waals surface area contributed by atoms with E-state index in [1.807, 2.05) is 41.3 Å². The van der Waals surface area contributed by atoms with Crippen molar-refractivity contribution in [3.05, 3.63) is 58.5 Å². The summed E-state index contributed by atoms with van der Waals surface area (Å²) in [6.07, 6.45) is 6.42. The van der Waals surface area contributed by atoms with Gasteiger partial charge < -0.3 is 24.8 Å². The first kappa shape index (κ1) is 22.5. The van der Waals surface area contributed by atoms with Crippen molar-refractivity contribution >= 4 is 17.6 Å². The highest BCUT2D eigenvalue weighted by Crippen LogP contribution is 2.35. The number of rotatable bonds is 5. The number of amides is 3. The summed E-state index contributed by atoms with van der Waals surface area (Å²) in [4.78, 5) is 40.3. The topological polar surface area (TPSA) is 92.7 Å². The Balaban J connectivity index is 1.23. The van der Waals surface area contributed by atoms with E-state index >= 15 is 0 Å². The van der Waals surface area contributed by atoms with Crippen molar-refractivity contribution in [1.29, 1.82) is 0 Å². The van der Waals surface area contributed by atoms with Crippen LogP contribution in [0.5, 0.6) is 5.75 Å². The fraction of sp³-hybridized carbons (Fsp3) is 0.500. The van der Waals surface area contributed by atoms with Crippen LogP contribution < -0.4 is 20.9 Å². The van der Waals surface area contributed by atoms with Gasteiger partial charge in [-0.15, -0.1) is 0 Å². The minimum Gasteiger partial charge on any atom is -0.484 e. The van der Waals surface area contributed by atoms with E-state index in [4.69, 9.17) is 4.74 Å². The Morgan fingerprint density at radius 1 is 0.971 bits per heavy atom. The molecule has 2 aliphatic heterocycles. The highest BCUT2D eigenvalue weighted by Gasteiger charge is 2.36. The van der Waals surface area contributed by atoms with Crippen molar-refractivity contribution in [3.8, 4) is 5.75 Å². The smallest absolute Gasteiger partial charge is 0.319 e. The summed E-state index contributed by atoms with van der Waals surface area (Å²) in [5, 5.41) is 5.77. The molecule has 1 aromatic carbocycles. The van der Waals surface area contributed by atoms with Crippen LogP contribution in [0.15, 0.2) is 47.3 Å². The van der Waals surface area contributed by atoms with Crippen LogP contribution in [0.3, 0.4) is 0 Å². The first-order chi connectivity index (χ1) is 16.6. The van der Waals surface area contributed by atoms with Crippen LogP contribution in [-0.4, -0.2) is 47.1 Å². The van der Waals surface area contributed by atoms with Crippen molar-refractivity contribution in [2.24, 2.45) is 5.92 Å². The van der Waals surface area contributed by atoms with E-state index in [0.29, 0.717) is 31.1 Å². The predicted molar refractivity (Wildman–Crippen MR) is 129 cm³/mol. The van der Waals surface area contributed by atoms with Crippen molar-refractivity contribution in [2.75, 3.05) is 25.0 Å². The number of hydrogen-bond acceptors (Lipinski definition) is 4. The first-order valence-corrected chi connectivity index (χ1v) is 12.3. The van der Waals surface area contributed by atoms with Crippen molar-refractivity contribution in [1.82, 2.24) is 14.8 Å². The largest absolute Gasteiger partial charge is 0.484 e. The number of ether oxygens (including phenoxy) is 1. The van der Waals surface area contributed by atoms with Crippen LogP contribution in [-0.2, 0) is 11.3 Å². The van der Waals surface area contributed by atoms with Gasteiger partial charge >= 0.3 is 6.03 Å². The van der Waals surface area contributed by atoms with Crippen molar-refractivity contribution in [2.45, 2.75) is 57.0 Å². The van der Waals surface area contributed by atoms with Gasteiger partial charge in [-0.25, -0.2) is 4.79 Å². The number of fused-ring (bicyclic) bond motifs is 4. The Morgan fingerprint density at radius 3 is 2.56 bits per heavy atom. The SMILES string of the molecule is O=C(Nc1ccc2n(c1=O)C[C@@H]1C[C@@H]2CN(C(=O)COc2ccccc2)C1)NC1CCCCC1. The Bertz CT molecular complexity index is 1090. The third-order valence-electron chi connectivity index (χ3n) is 7.25. The third kappa shape index (κ3) is 4.95. The van der Waals surface area contributed by atoms with E-state index < -0.39 is 0 Å². The monoisotopic (exact) mass is 464 g/mol. The molecule has 2 bridgehead atoms. The number of nitrogens with one attached hydrogen (secondary N) is 2. The molecule has 1 aliphatic carbocycles. The van der Waals surface area contributed by atoms with Gasteiger partial charge in [-0.05, 0) is 49.4 Å². The number of carbonyl (C=O) groups is 2. The summed E-state index contributed by atoms with van der Waals surface area (Å²) in [5.41, 5.74) is 1.07. The molecule has 8 nitrogen and oxygen atoms in total. The molecule has 1 aromatic heterocycles. The second-order valence-electron chi connectivity index (χ2n) is 9.72. The van der Waals surface area contributed by atoms with E-state index in [0.717, 1.165) is 37.8 Å². The number of para-hydroxylation sites is 1. The summed E-state index contributed by atoms with van der Waals surface area (Å²) in [7, 11) is 0. The number of anilines is 1. The maximum Gasteiger partial charge on any atom is 0.319 e. The van der Waals surface area contributed by atoms with E-state index in [1.54, 1.807) is 10.6 Å². The molecular formula is C26H32N4O4. The number of likely N-dealkylation sites (tertiary alicyclic amines) is 1. The molecule has 34 heavy (non-hydrogen) atoms. The van der Waals surface area contributed by atoms with Gasteiger partial charge in [0.15, 0.2) is 6.61 Å². The molecule has 0 spiro atoms. The lowest BCUT2D eigenvalue weighted by atomic mass is 9.83. The second-order valence-corrected chi connectivity index (χ2v) is 9.72. The van der Waals surface area contributed by atoms with Crippen molar-refractivity contribution < 1.29 is 14.3 Å². The average Bonchev–Trinajstić information content (AvgIpc) is 2.85. The molecule has 0 radical (unpaired) electrons. The standard InChI is InChI=1S/C26H32N4O4/c31-24(17-34-21-9-5-2-6-10-21)29-14-18-13-19(16-29)23-12-11-22(25(32)30(23)15-18)28-26(33)27-20-7-3-1-4-8-20/h2,5-6,9-12,18-20H,1,3-4,7-8,13-17H2,(H2,27,28,33)/t18-,19-/m1/s1. The summed E-state index contributed by atoms with van der Waals surface area (Å²) in [5.74, 6) is 0.950. The zero-order valence-corrected chi connectivity index (χ0v) is 19.4. The minimum absolute atomic E-state index is 0.00915. The summed E-state index contributed by atoms with van der Waals surface area (Å²) >= 11 is 0. The molecule has 8 heteroatoms. The number of piperidine rings is 1. The van der Waals surface area contributed by atoms with Gasteiger partial charge in [-0.1, -0.05) is 37.5 Å². The van der Waals surface area contributed by atoms with Crippen LogP contribution in [0, 0.1) is 5.92 Å². The predicted octanol–water partition coefficient (Wildman–Crippen LogP) is 3.33. The molecule has 3 heterocycles. The highest BCUT2D eigenvalue weighted by atomic mass is 16.5. The molecule has 180 valence electrons. The van der Waals surface area contributed by atoms with E-state index in [-0.39, 0.29) is 42.0 Å². The Morgan fingerprint density at radius 2 is 1.76 bits per heavy atom. The molecule has 3 amide bonds. The van der Waals surface area contributed by atoms with Crippen molar-refractivity contribution in [3.63, 3.8) is 0 Å². The number of hydrogen-bond donors (Lipinski definition) is 2. The number of benzene rings is 1. The zero-order chi connectivity index (χ0) is 23.5. The number of aromatic nitrogens is 1. The highest BCUT2D eigenvalue weighted by molar-refractivity contribution is 5.89. The molecule has 2 N–H and O–H groups in total. The van der Waals surface area contributed by atoms with Gasteiger partial charge in [0.25, 0.3) is 11.5 Å². The van der Waals surface area contributed by atoms with Crippen LogP contribution >= 0.6 is 0 Å². The number of pyridine rings is 1. The number of nitrogens with zero attached hydrogens (tertiary/aromatic N) is 2. The summed E-state index contributed by atoms with van der Waals surface area (Å²) in [6.45, 7) is 1.74. The van der Waals surface area contributed by atoms with Gasteiger partial charge in [0, 0.05) is 37.3 Å². The second kappa shape index (κ2) is 9.91. The van der Waals surface area contributed by atoms with Gasteiger partial charge in [0.2, 0.25) is 0 Å². The van der Waals surface area contributed by atoms with Crippen LogP contribution in [0.1, 0.15) is 50.1 Å². The van der Waals surface area contributed by atoms with Crippen LogP contribution in [0.2, 0.25) is 0 Å². The fourth-order valence-corrected chi connectivity index (χ4v) is 5.59. The molecule has 1 saturated carbocycles. The minimum atomic E-state index is -0.309. The van der Waals surface area contributed by atoms with Gasteiger partial charge in [-0.3, -0.25) is 9.59 Å². The van der Waals surface area contributed by atoms with Gasteiger partial charge in [0.1, 0.15) is 11.4 Å². The molecular weight excluding hydrogens is 432 g/mol. The first-order valence-electron chi connectivity index (χ1n) is 12.3. The van der Waals surface area contributed by atoms with E-state index in [1.165, 1.54) is 6.42 Å². The third-order valence-corrected chi connectivity index (χ3v) is 7.25. The fourth-order valence-electron chi connectivity index (χ4n) is 5.59. The number of carbonyl (C=O) groups excluding carboxylic acids is 2. The maximum atomic E-state index is 13.2. The lowest BCUT2D eigenvalue weighted by molar-refractivity contribution is -0.136. The number of urea groups is 1. The molecule has 2 aromatic rings. The Labute approximate surface area is 199 Å². The lowest BCUT2D eigenvalue weighted by Crippen LogP contribution is -2.50. The van der Waals surface area contributed by atoms with Gasteiger partial charge in [-0.2, -0.15) is 0 Å². The molecule has 2 fully saturated rings. The van der Waals surface area contributed by atoms with Crippen LogP contribution in [0.4, 0.5) is 10.5 Å². The normalized spacial score (nSPS) is 21.9. The van der Waals surface area contributed by atoms with E-state index in [2.05, 4.69) is 10.6 Å². The van der Waals surface area contributed by atoms with E-state index in [9.17, 15) is 14.4 Å². The van der Waals surface area contributed by atoms with Crippen LogP contribution in [0.25, 0.3) is 0 Å². The van der Waals surface area contributed by atoms with Gasteiger partial charge in [0.05, 0.1) is 0 Å². The molecule has 3 aliphatic rings. The lowest BCUT2D eigenvalue weighted by Gasteiger charge is -2.42. The summed E-state index contributed by atoms with van der Waals surface area (Å²) in [6, 6.07) is 12.8. The maximum absolute atomic E-state index is 13.2. The molecule has 2 atom stereocenters. The molecule has 1 saturated heterocycles. The average molecular weight is 465 g/mol. The Hall–Kier alpha value is -3.29. The summed E-state index contributed by atoms with van der Waals surface area (Å²) < 4.78 is 7.44. The molecule has 5 rings (SSSR count). The zero-order valence-electron chi connectivity index (χ0n) is 19.4.